The van der Waals surface area contributed by atoms with Crippen LogP contribution in [-0.2, 0) is 24.2 Å². The van der Waals surface area contributed by atoms with Gasteiger partial charge in [0.1, 0.15) is 0 Å². The highest BCUT2D eigenvalue weighted by Gasteiger charge is 2.26. The van der Waals surface area contributed by atoms with Crippen molar-refractivity contribution in [3.05, 3.63) is 58.7 Å². The largest absolute Gasteiger partial charge is 0.0693 e. The summed E-state index contributed by atoms with van der Waals surface area (Å²) < 4.78 is 0. The van der Waals surface area contributed by atoms with E-state index in [2.05, 4.69) is 115 Å². The molecule has 0 atom stereocenters. The van der Waals surface area contributed by atoms with Crippen LogP contribution in [0.3, 0.4) is 0 Å². The fourth-order valence-electron chi connectivity index (χ4n) is 6.17. The molecule has 0 amide bonds. The molecule has 36 heavy (non-hydrogen) atoms. The lowest BCUT2D eigenvalue weighted by atomic mass is 9.87. The molecule has 4 aromatic carbocycles. The molecule has 0 radical (unpaired) electrons. The molecule has 0 aliphatic carbocycles. The number of hydrogen-bond donors (Lipinski definition) is 0. The standard InChI is InChI=1S/C32H50Si4/c1-33(2,3)19-23-17-24(20-34(4,5)6)28-15-16-30-26(22-36(10,11)12)18-25(21-35(7,8)9)29-14-13-27(23)31(28)32(29)30/h13-18H,19-22H2,1-12H3. The highest BCUT2D eigenvalue weighted by Crippen LogP contribution is 2.42. The minimum absolute atomic E-state index is 1.26. The molecule has 0 fully saturated rings. The Morgan fingerprint density at radius 1 is 0.361 bits per heavy atom. The Hall–Kier alpha value is -1.21. The highest BCUT2D eigenvalue weighted by atomic mass is 28.3. The summed E-state index contributed by atoms with van der Waals surface area (Å²) >= 11 is 0. The predicted molar refractivity (Wildman–Crippen MR) is 178 cm³/mol. The van der Waals surface area contributed by atoms with Crippen LogP contribution in [0.5, 0.6) is 0 Å². The quantitative estimate of drug-likeness (QED) is 0.152. The number of rotatable bonds is 8. The van der Waals surface area contributed by atoms with Gasteiger partial charge in [0.15, 0.2) is 0 Å². The molecule has 0 saturated carbocycles. The summed E-state index contributed by atoms with van der Waals surface area (Å²) in [6, 6.07) is 20.3. The third-order valence-corrected chi connectivity index (χ3v) is 12.9. The van der Waals surface area contributed by atoms with E-state index >= 15 is 0 Å². The van der Waals surface area contributed by atoms with E-state index in [1.54, 1.807) is 33.0 Å². The molecule has 0 saturated heterocycles. The monoisotopic (exact) mass is 546 g/mol. The molecule has 0 N–H and O–H groups in total. The third-order valence-electron chi connectivity index (χ3n) is 7.12. The van der Waals surface area contributed by atoms with Crippen LogP contribution in [0, 0.1) is 0 Å². The third kappa shape index (κ3) is 6.25. The maximum Gasteiger partial charge on any atom is 0.0487 e. The van der Waals surface area contributed by atoms with Crippen molar-refractivity contribution in [1.82, 2.24) is 0 Å². The van der Waals surface area contributed by atoms with Crippen LogP contribution in [0.4, 0.5) is 0 Å². The SMILES string of the molecule is C[Si](C)(C)Cc1cc(C[Si](C)(C)C)c2ccc3c(C[Si](C)(C)C)cc(C[Si](C)(C)C)c4ccc1c2c43. The number of hydrogen-bond acceptors (Lipinski definition) is 0. The molecule has 0 unspecified atom stereocenters. The van der Waals surface area contributed by atoms with Crippen molar-refractivity contribution in [1.29, 1.82) is 0 Å². The first kappa shape index (κ1) is 27.8. The molecule has 0 heterocycles. The van der Waals surface area contributed by atoms with Crippen molar-refractivity contribution >= 4 is 64.6 Å². The Morgan fingerprint density at radius 2 is 0.556 bits per heavy atom. The van der Waals surface area contributed by atoms with Crippen molar-refractivity contribution in [2.45, 2.75) is 103 Å². The van der Waals surface area contributed by atoms with Crippen molar-refractivity contribution < 1.29 is 0 Å². The van der Waals surface area contributed by atoms with Crippen LogP contribution in [0.2, 0.25) is 78.6 Å². The van der Waals surface area contributed by atoms with Gasteiger partial charge in [0, 0.05) is 32.3 Å². The van der Waals surface area contributed by atoms with E-state index in [0.717, 1.165) is 0 Å². The van der Waals surface area contributed by atoms with Crippen LogP contribution >= 0.6 is 0 Å². The lowest BCUT2D eigenvalue weighted by molar-refractivity contribution is 1.27. The van der Waals surface area contributed by atoms with Gasteiger partial charge in [0.2, 0.25) is 0 Å². The van der Waals surface area contributed by atoms with E-state index in [1.165, 1.54) is 45.7 Å². The molecule has 194 valence electrons. The van der Waals surface area contributed by atoms with E-state index in [4.69, 9.17) is 0 Å². The molecule has 0 aliphatic rings. The van der Waals surface area contributed by atoms with Gasteiger partial charge in [0.25, 0.3) is 0 Å². The van der Waals surface area contributed by atoms with Crippen LogP contribution in [0.25, 0.3) is 32.3 Å². The van der Waals surface area contributed by atoms with E-state index in [1.807, 2.05) is 0 Å². The van der Waals surface area contributed by atoms with Gasteiger partial charge in [0.05, 0.1) is 0 Å². The van der Waals surface area contributed by atoms with Crippen LogP contribution in [-0.4, -0.2) is 32.3 Å². The summed E-state index contributed by atoms with van der Waals surface area (Å²) in [5.41, 5.74) is 6.47. The van der Waals surface area contributed by atoms with Crippen LogP contribution in [0.1, 0.15) is 22.3 Å². The zero-order chi connectivity index (χ0) is 26.8. The fourth-order valence-corrected chi connectivity index (χ4v) is 11.9. The molecule has 0 bridgehead atoms. The Labute approximate surface area is 225 Å². The average Bonchev–Trinajstić information content (AvgIpc) is 2.65. The van der Waals surface area contributed by atoms with E-state index < -0.39 is 32.3 Å². The summed E-state index contributed by atoms with van der Waals surface area (Å²) in [6.45, 7) is 30.3. The smallest absolute Gasteiger partial charge is 0.0487 e. The molecule has 0 nitrogen and oxygen atoms in total. The lowest BCUT2D eigenvalue weighted by Gasteiger charge is -2.27. The second-order valence-corrected chi connectivity index (χ2v) is 38.3. The first-order valence-electron chi connectivity index (χ1n) is 14.1. The van der Waals surface area contributed by atoms with Gasteiger partial charge in [-0.3, -0.25) is 0 Å². The van der Waals surface area contributed by atoms with Crippen LogP contribution in [0.15, 0.2) is 36.4 Å². The van der Waals surface area contributed by atoms with Gasteiger partial charge >= 0.3 is 0 Å². The highest BCUT2D eigenvalue weighted by molar-refractivity contribution is 6.77. The summed E-state index contributed by atoms with van der Waals surface area (Å²) in [6.07, 6.45) is 0. The van der Waals surface area contributed by atoms with E-state index in [-0.39, 0.29) is 0 Å². The maximum absolute atomic E-state index is 2.63. The van der Waals surface area contributed by atoms with Gasteiger partial charge in [-0.25, -0.2) is 0 Å². The van der Waals surface area contributed by atoms with Gasteiger partial charge in [-0.2, -0.15) is 0 Å². The Balaban J connectivity index is 2.17. The van der Waals surface area contributed by atoms with Crippen molar-refractivity contribution in [2.24, 2.45) is 0 Å². The Morgan fingerprint density at radius 3 is 0.722 bits per heavy atom. The topological polar surface area (TPSA) is 0 Å². The first-order chi connectivity index (χ1) is 16.3. The molecule has 4 aromatic rings. The van der Waals surface area contributed by atoms with Gasteiger partial charge < -0.3 is 0 Å². The molecule has 0 spiro atoms. The maximum atomic E-state index is 2.63. The van der Waals surface area contributed by atoms with Gasteiger partial charge in [-0.05, 0) is 78.7 Å². The summed E-state index contributed by atoms with van der Waals surface area (Å²) in [7, 11) is -5.03. The van der Waals surface area contributed by atoms with Crippen molar-refractivity contribution in [3.8, 4) is 0 Å². The summed E-state index contributed by atoms with van der Waals surface area (Å²) in [5.74, 6) is 0. The molecule has 0 aliphatic heterocycles. The fraction of sp³-hybridized carbons (Fsp3) is 0.500. The van der Waals surface area contributed by atoms with Crippen LogP contribution < -0.4 is 0 Å². The number of benzene rings is 4. The van der Waals surface area contributed by atoms with Gasteiger partial charge in [-0.15, -0.1) is 0 Å². The predicted octanol–water partition coefficient (Wildman–Crippen LogP) is 10.3. The van der Waals surface area contributed by atoms with E-state index in [0.29, 0.717) is 0 Å². The summed E-state index contributed by atoms with van der Waals surface area (Å²) in [4.78, 5) is 0. The normalized spacial score (nSPS) is 14.0. The zero-order valence-corrected chi connectivity index (χ0v) is 29.3. The molecular formula is C32H50Si4. The van der Waals surface area contributed by atoms with Crippen molar-refractivity contribution in [3.63, 3.8) is 0 Å². The lowest BCUT2D eigenvalue weighted by Crippen LogP contribution is -2.26. The second-order valence-electron chi connectivity index (χ2n) is 16.4. The van der Waals surface area contributed by atoms with Gasteiger partial charge in [-0.1, -0.05) is 115 Å². The van der Waals surface area contributed by atoms with Crippen molar-refractivity contribution in [2.75, 3.05) is 0 Å². The Bertz CT molecular complexity index is 1190. The molecular weight excluding hydrogens is 497 g/mol. The molecule has 4 heteroatoms. The zero-order valence-electron chi connectivity index (χ0n) is 25.3. The Kier molecular flexibility index (Phi) is 7.12. The van der Waals surface area contributed by atoms with E-state index in [9.17, 15) is 0 Å². The minimum atomic E-state index is -1.26. The average molecular weight is 547 g/mol. The second kappa shape index (κ2) is 9.21. The molecule has 4 rings (SSSR count). The minimum Gasteiger partial charge on any atom is -0.0693 e. The first-order valence-corrected chi connectivity index (χ1v) is 28.9. The summed E-state index contributed by atoms with van der Waals surface area (Å²) in [5, 5.41) is 9.32. The molecule has 0 aromatic heterocycles.